The molecule has 0 unspecified atom stereocenters. The number of fused-ring (bicyclic) bond motifs is 1. The van der Waals surface area contributed by atoms with Crippen LogP contribution in [0.4, 0.5) is 0 Å². The van der Waals surface area contributed by atoms with Gasteiger partial charge in [-0.25, -0.2) is 0 Å². The number of carbonyl (C=O) groups excluding carboxylic acids is 1. The smallest absolute Gasteiger partial charge is 0.251 e. The molecule has 1 aliphatic carbocycles. The summed E-state index contributed by atoms with van der Waals surface area (Å²) in [5, 5.41) is 4.02. The van der Waals surface area contributed by atoms with Crippen molar-refractivity contribution < 1.29 is 14.3 Å². The van der Waals surface area contributed by atoms with Crippen molar-refractivity contribution in [2.45, 2.75) is 25.7 Å². The minimum absolute atomic E-state index is 0.0424. The molecule has 0 atom stereocenters. The third-order valence-electron chi connectivity index (χ3n) is 4.38. The molecule has 0 spiro atoms. The van der Waals surface area contributed by atoms with E-state index in [2.05, 4.69) is 21.2 Å². The molecule has 3 rings (SSSR count). The normalized spacial score (nSPS) is 19.3. The fraction of sp³-hybridized carbons (Fsp3) is 0.562. The van der Waals surface area contributed by atoms with E-state index >= 15 is 0 Å². The molecule has 0 aromatic heterocycles. The average Bonchev–Trinajstić information content (AvgIpc) is 3.01. The van der Waals surface area contributed by atoms with Crippen LogP contribution < -0.4 is 14.8 Å². The Labute approximate surface area is 133 Å². The van der Waals surface area contributed by atoms with Crippen LogP contribution in [0, 0.1) is 5.41 Å². The summed E-state index contributed by atoms with van der Waals surface area (Å²) in [6.45, 7) is 1.82. The molecule has 0 saturated heterocycles. The maximum atomic E-state index is 12.3. The van der Waals surface area contributed by atoms with Crippen LogP contribution in [0.1, 0.15) is 36.0 Å². The molecular formula is C16H20BrNO3. The number of nitrogens with one attached hydrogen (secondary N) is 1. The first-order valence-electron chi connectivity index (χ1n) is 7.46. The van der Waals surface area contributed by atoms with Crippen molar-refractivity contribution in [3.63, 3.8) is 0 Å². The van der Waals surface area contributed by atoms with Gasteiger partial charge in [-0.3, -0.25) is 4.79 Å². The Bertz CT molecular complexity index is 526. The first-order chi connectivity index (χ1) is 10.2. The molecule has 1 aromatic carbocycles. The molecule has 1 N–H and O–H groups in total. The van der Waals surface area contributed by atoms with Crippen molar-refractivity contribution in [3.05, 3.63) is 23.8 Å². The van der Waals surface area contributed by atoms with Crippen molar-refractivity contribution in [3.8, 4) is 11.5 Å². The Morgan fingerprint density at radius 3 is 2.62 bits per heavy atom. The van der Waals surface area contributed by atoms with Crippen molar-refractivity contribution in [2.75, 3.05) is 25.1 Å². The number of carbonyl (C=O) groups is 1. The van der Waals surface area contributed by atoms with Gasteiger partial charge < -0.3 is 14.8 Å². The minimum atomic E-state index is -0.0424. The topological polar surface area (TPSA) is 47.6 Å². The summed E-state index contributed by atoms with van der Waals surface area (Å²) >= 11 is 3.60. The van der Waals surface area contributed by atoms with Crippen molar-refractivity contribution in [1.82, 2.24) is 5.32 Å². The highest BCUT2D eigenvalue weighted by molar-refractivity contribution is 9.09. The van der Waals surface area contributed by atoms with E-state index in [0.29, 0.717) is 30.3 Å². The van der Waals surface area contributed by atoms with E-state index in [1.54, 1.807) is 18.2 Å². The van der Waals surface area contributed by atoms with Gasteiger partial charge >= 0.3 is 0 Å². The van der Waals surface area contributed by atoms with Crippen LogP contribution in [0.3, 0.4) is 0 Å². The van der Waals surface area contributed by atoms with Crippen molar-refractivity contribution >= 4 is 21.8 Å². The summed E-state index contributed by atoms with van der Waals surface area (Å²) in [5.41, 5.74) is 0.852. The first-order valence-corrected chi connectivity index (χ1v) is 8.58. The highest BCUT2D eigenvalue weighted by Gasteiger charge is 2.33. The molecule has 1 heterocycles. The number of rotatable bonds is 4. The van der Waals surface area contributed by atoms with Crippen LogP contribution >= 0.6 is 15.9 Å². The van der Waals surface area contributed by atoms with Gasteiger partial charge in [0, 0.05) is 17.4 Å². The Kier molecular flexibility index (Phi) is 4.38. The van der Waals surface area contributed by atoms with E-state index in [1.165, 1.54) is 25.7 Å². The molecule has 1 aliphatic heterocycles. The lowest BCUT2D eigenvalue weighted by atomic mass is 9.89. The Balaban J connectivity index is 1.65. The second-order valence-corrected chi connectivity index (χ2v) is 6.44. The fourth-order valence-electron chi connectivity index (χ4n) is 3.04. The number of benzene rings is 1. The quantitative estimate of drug-likeness (QED) is 0.845. The van der Waals surface area contributed by atoms with E-state index < -0.39 is 0 Å². The Morgan fingerprint density at radius 1 is 1.19 bits per heavy atom. The van der Waals surface area contributed by atoms with Crippen LogP contribution in [0.5, 0.6) is 11.5 Å². The van der Waals surface area contributed by atoms with E-state index in [-0.39, 0.29) is 11.3 Å². The van der Waals surface area contributed by atoms with Gasteiger partial charge in [0.2, 0.25) is 0 Å². The molecule has 114 valence electrons. The van der Waals surface area contributed by atoms with Crippen LogP contribution in [0.25, 0.3) is 0 Å². The molecule has 1 aromatic rings. The van der Waals surface area contributed by atoms with Gasteiger partial charge in [0.1, 0.15) is 13.2 Å². The third kappa shape index (κ3) is 3.18. The predicted molar refractivity (Wildman–Crippen MR) is 84.5 cm³/mol. The monoisotopic (exact) mass is 353 g/mol. The van der Waals surface area contributed by atoms with Gasteiger partial charge in [0.15, 0.2) is 11.5 Å². The van der Waals surface area contributed by atoms with E-state index in [1.807, 2.05) is 0 Å². The largest absolute Gasteiger partial charge is 0.486 e. The van der Waals surface area contributed by atoms with Crippen LogP contribution in [0.2, 0.25) is 0 Å². The third-order valence-corrected chi connectivity index (χ3v) is 5.57. The van der Waals surface area contributed by atoms with Gasteiger partial charge in [0.25, 0.3) is 5.91 Å². The summed E-state index contributed by atoms with van der Waals surface area (Å²) in [6.07, 6.45) is 4.87. The highest BCUT2D eigenvalue weighted by atomic mass is 79.9. The zero-order chi connectivity index (χ0) is 14.7. The van der Waals surface area contributed by atoms with Gasteiger partial charge in [-0.05, 0) is 36.5 Å². The SMILES string of the molecule is O=C(NCC1(CBr)CCCC1)c1ccc2c(c1)OCCO2. The summed E-state index contributed by atoms with van der Waals surface area (Å²) < 4.78 is 11.0. The van der Waals surface area contributed by atoms with E-state index in [0.717, 1.165) is 11.9 Å². The second-order valence-electron chi connectivity index (χ2n) is 5.88. The standard InChI is InChI=1S/C16H20BrNO3/c17-10-16(5-1-2-6-16)11-18-15(19)12-3-4-13-14(9-12)21-8-7-20-13/h3-4,9H,1-2,5-8,10-11H2,(H,18,19). The Morgan fingerprint density at radius 2 is 1.90 bits per heavy atom. The number of ether oxygens (including phenoxy) is 2. The molecule has 1 amide bonds. The van der Waals surface area contributed by atoms with Gasteiger partial charge in [-0.2, -0.15) is 0 Å². The average molecular weight is 354 g/mol. The predicted octanol–water partition coefficient (Wildman–Crippen LogP) is 3.14. The summed E-state index contributed by atoms with van der Waals surface area (Å²) in [4.78, 5) is 12.3. The van der Waals surface area contributed by atoms with Crippen molar-refractivity contribution in [1.29, 1.82) is 0 Å². The summed E-state index contributed by atoms with van der Waals surface area (Å²) in [6, 6.07) is 5.36. The lowest BCUT2D eigenvalue weighted by molar-refractivity contribution is 0.0934. The van der Waals surface area contributed by atoms with Crippen LogP contribution in [0.15, 0.2) is 18.2 Å². The zero-order valence-corrected chi connectivity index (χ0v) is 13.6. The van der Waals surface area contributed by atoms with Crippen LogP contribution in [-0.2, 0) is 0 Å². The number of halogens is 1. The first kappa shape index (κ1) is 14.7. The minimum Gasteiger partial charge on any atom is -0.486 e. The van der Waals surface area contributed by atoms with Gasteiger partial charge in [0.05, 0.1) is 0 Å². The molecule has 1 fully saturated rings. The molecule has 0 radical (unpaired) electrons. The molecular weight excluding hydrogens is 334 g/mol. The van der Waals surface area contributed by atoms with Gasteiger partial charge in [-0.15, -0.1) is 0 Å². The lowest BCUT2D eigenvalue weighted by Crippen LogP contribution is -2.37. The van der Waals surface area contributed by atoms with Crippen molar-refractivity contribution in [2.24, 2.45) is 5.41 Å². The molecule has 5 heteroatoms. The number of amides is 1. The second kappa shape index (κ2) is 6.26. The number of hydrogen-bond donors (Lipinski definition) is 1. The van der Waals surface area contributed by atoms with E-state index in [4.69, 9.17) is 9.47 Å². The fourth-order valence-corrected chi connectivity index (χ4v) is 3.80. The van der Waals surface area contributed by atoms with E-state index in [9.17, 15) is 4.79 Å². The molecule has 4 nitrogen and oxygen atoms in total. The maximum Gasteiger partial charge on any atom is 0.251 e. The molecule has 0 bridgehead atoms. The maximum absolute atomic E-state index is 12.3. The molecule has 2 aliphatic rings. The van der Waals surface area contributed by atoms with Gasteiger partial charge in [-0.1, -0.05) is 28.8 Å². The number of alkyl halides is 1. The zero-order valence-electron chi connectivity index (χ0n) is 12.0. The highest BCUT2D eigenvalue weighted by Crippen LogP contribution is 2.39. The lowest BCUT2D eigenvalue weighted by Gasteiger charge is -2.26. The number of hydrogen-bond acceptors (Lipinski definition) is 3. The summed E-state index contributed by atoms with van der Waals surface area (Å²) in [5.74, 6) is 1.33. The van der Waals surface area contributed by atoms with Crippen LogP contribution in [-0.4, -0.2) is 31.0 Å². The summed E-state index contributed by atoms with van der Waals surface area (Å²) in [7, 11) is 0. The molecule has 1 saturated carbocycles. The molecule has 21 heavy (non-hydrogen) atoms. The Hall–Kier alpha value is -1.23.